The number of hydrogen-bond acceptors (Lipinski definition) is 2. The maximum Gasteiger partial charge on any atom is 0.111 e. The second-order valence-electron chi connectivity index (χ2n) is 5.27. The van der Waals surface area contributed by atoms with E-state index in [0.29, 0.717) is 15.9 Å². The molecule has 0 unspecified atom stereocenters. The SMILES string of the molecule is CSC(C)(C)Cn1c(CCCl)nc2cc(Cl)c(Cl)cc21. The lowest BCUT2D eigenvalue weighted by molar-refractivity contribution is 0.561. The molecule has 2 nitrogen and oxygen atoms in total. The van der Waals surface area contributed by atoms with Crippen LogP contribution in [-0.2, 0) is 13.0 Å². The molecule has 0 aliphatic rings. The normalized spacial score (nSPS) is 12.3. The van der Waals surface area contributed by atoms with Crippen molar-refractivity contribution in [1.82, 2.24) is 9.55 Å². The average molecular weight is 352 g/mol. The van der Waals surface area contributed by atoms with Crippen LogP contribution < -0.4 is 0 Å². The summed E-state index contributed by atoms with van der Waals surface area (Å²) in [6, 6.07) is 3.71. The predicted molar refractivity (Wildman–Crippen MR) is 91.8 cm³/mol. The van der Waals surface area contributed by atoms with E-state index in [9.17, 15) is 0 Å². The molecule has 0 atom stereocenters. The summed E-state index contributed by atoms with van der Waals surface area (Å²) in [7, 11) is 0. The van der Waals surface area contributed by atoms with Crippen LogP contribution in [0.4, 0.5) is 0 Å². The van der Waals surface area contributed by atoms with Gasteiger partial charge in [-0.3, -0.25) is 0 Å². The Kier molecular flexibility index (Phi) is 5.17. The summed E-state index contributed by atoms with van der Waals surface area (Å²) in [5.74, 6) is 1.53. The van der Waals surface area contributed by atoms with Crippen molar-refractivity contribution in [3.05, 3.63) is 28.0 Å². The number of fused-ring (bicyclic) bond motifs is 1. The Bertz CT molecular complexity index is 622. The highest BCUT2D eigenvalue weighted by Gasteiger charge is 2.21. The number of benzene rings is 1. The van der Waals surface area contributed by atoms with Crippen LogP contribution in [0.15, 0.2) is 12.1 Å². The van der Waals surface area contributed by atoms with Gasteiger partial charge in [0.25, 0.3) is 0 Å². The lowest BCUT2D eigenvalue weighted by Gasteiger charge is -2.24. The number of imidazole rings is 1. The molecule has 1 heterocycles. The fourth-order valence-electron chi connectivity index (χ4n) is 2.07. The number of hydrogen-bond donors (Lipinski definition) is 0. The van der Waals surface area contributed by atoms with Crippen molar-refractivity contribution >= 4 is 57.6 Å². The first kappa shape index (κ1) is 16.3. The predicted octanol–water partition coefficient (Wildman–Crippen LogP) is 5.27. The van der Waals surface area contributed by atoms with Crippen LogP contribution >= 0.6 is 46.6 Å². The third-order valence-electron chi connectivity index (χ3n) is 3.28. The maximum atomic E-state index is 6.15. The Labute approximate surface area is 138 Å². The number of rotatable bonds is 5. The van der Waals surface area contributed by atoms with Gasteiger partial charge >= 0.3 is 0 Å². The summed E-state index contributed by atoms with van der Waals surface area (Å²) in [4.78, 5) is 4.65. The third-order valence-corrected chi connectivity index (χ3v) is 5.42. The number of thioether (sulfide) groups is 1. The number of halogens is 3. The first-order valence-electron chi connectivity index (χ1n) is 6.33. The Morgan fingerprint density at radius 2 is 1.90 bits per heavy atom. The van der Waals surface area contributed by atoms with E-state index in [-0.39, 0.29) is 4.75 Å². The highest BCUT2D eigenvalue weighted by molar-refractivity contribution is 7.99. The fourth-order valence-corrected chi connectivity index (χ4v) is 2.81. The van der Waals surface area contributed by atoms with Crippen LogP contribution in [-0.4, -0.2) is 26.4 Å². The third kappa shape index (κ3) is 3.38. The minimum Gasteiger partial charge on any atom is -0.327 e. The largest absolute Gasteiger partial charge is 0.327 e. The van der Waals surface area contributed by atoms with Gasteiger partial charge in [-0.2, -0.15) is 11.8 Å². The molecule has 0 spiro atoms. The van der Waals surface area contributed by atoms with E-state index < -0.39 is 0 Å². The molecule has 0 saturated heterocycles. The van der Waals surface area contributed by atoms with E-state index in [4.69, 9.17) is 34.8 Å². The van der Waals surface area contributed by atoms with Gasteiger partial charge in [0, 0.05) is 23.6 Å². The van der Waals surface area contributed by atoms with Gasteiger partial charge in [-0.1, -0.05) is 23.2 Å². The lowest BCUT2D eigenvalue weighted by Crippen LogP contribution is -2.23. The van der Waals surface area contributed by atoms with Crippen LogP contribution in [0, 0.1) is 0 Å². The summed E-state index contributed by atoms with van der Waals surface area (Å²) < 4.78 is 2.32. The van der Waals surface area contributed by atoms with E-state index in [1.807, 2.05) is 23.9 Å². The highest BCUT2D eigenvalue weighted by atomic mass is 35.5. The first-order chi connectivity index (χ1) is 9.38. The Balaban J connectivity index is 2.58. The molecule has 0 radical (unpaired) electrons. The zero-order valence-corrected chi connectivity index (χ0v) is 14.8. The van der Waals surface area contributed by atoms with Crippen molar-refractivity contribution in [1.29, 1.82) is 0 Å². The average Bonchev–Trinajstić information content (AvgIpc) is 2.68. The van der Waals surface area contributed by atoms with Gasteiger partial charge in [0.1, 0.15) is 5.82 Å². The molecule has 20 heavy (non-hydrogen) atoms. The minimum atomic E-state index is 0.112. The molecular formula is C14H17Cl3N2S. The maximum absolute atomic E-state index is 6.15. The summed E-state index contributed by atoms with van der Waals surface area (Å²) >= 11 is 19.9. The molecule has 0 saturated carbocycles. The summed E-state index contributed by atoms with van der Waals surface area (Å²) in [6.07, 6.45) is 2.85. The highest BCUT2D eigenvalue weighted by Crippen LogP contribution is 2.31. The fraction of sp³-hybridized carbons (Fsp3) is 0.500. The molecule has 0 aliphatic heterocycles. The zero-order chi connectivity index (χ0) is 14.9. The molecule has 0 N–H and O–H groups in total. The Morgan fingerprint density at radius 1 is 1.25 bits per heavy atom. The summed E-state index contributed by atoms with van der Waals surface area (Å²) in [5.41, 5.74) is 1.89. The smallest absolute Gasteiger partial charge is 0.111 e. The molecule has 0 amide bonds. The molecule has 0 fully saturated rings. The van der Waals surface area contributed by atoms with Gasteiger partial charge in [0.05, 0.1) is 21.1 Å². The standard InChI is InChI=1S/C14H17Cl3N2S/c1-14(2,20-3)8-19-12-7-10(17)9(16)6-11(12)18-13(19)4-5-15/h6-7H,4-5,8H2,1-3H3. The quantitative estimate of drug-likeness (QED) is 0.683. The molecule has 2 aromatic rings. The molecule has 6 heteroatoms. The molecule has 0 bridgehead atoms. The number of nitrogens with zero attached hydrogens (tertiary/aromatic N) is 2. The summed E-state index contributed by atoms with van der Waals surface area (Å²) in [5, 5.41) is 1.09. The second-order valence-corrected chi connectivity index (χ2v) is 7.98. The van der Waals surface area contributed by atoms with E-state index >= 15 is 0 Å². The van der Waals surface area contributed by atoms with Crippen molar-refractivity contribution in [2.75, 3.05) is 12.1 Å². The Hall–Kier alpha value is -0.0900. The van der Waals surface area contributed by atoms with Gasteiger partial charge in [-0.15, -0.1) is 11.6 Å². The van der Waals surface area contributed by atoms with Crippen molar-refractivity contribution in [2.24, 2.45) is 0 Å². The van der Waals surface area contributed by atoms with Crippen molar-refractivity contribution < 1.29 is 0 Å². The lowest BCUT2D eigenvalue weighted by atomic mass is 10.2. The van der Waals surface area contributed by atoms with Crippen molar-refractivity contribution in [3.63, 3.8) is 0 Å². The molecular weight excluding hydrogens is 335 g/mol. The van der Waals surface area contributed by atoms with Gasteiger partial charge in [-0.25, -0.2) is 4.98 Å². The second kappa shape index (κ2) is 6.35. The first-order valence-corrected chi connectivity index (χ1v) is 8.85. The van der Waals surface area contributed by atoms with Gasteiger partial charge in [-0.05, 0) is 32.2 Å². The topological polar surface area (TPSA) is 17.8 Å². The van der Waals surface area contributed by atoms with Crippen molar-refractivity contribution in [2.45, 2.75) is 31.6 Å². The molecule has 2 rings (SSSR count). The summed E-state index contributed by atoms with van der Waals surface area (Å²) in [6.45, 7) is 5.28. The zero-order valence-electron chi connectivity index (χ0n) is 11.7. The monoisotopic (exact) mass is 350 g/mol. The van der Waals surface area contributed by atoms with Crippen LogP contribution in [0.5, 0.6) is 0 Å². The number of alkyl halides is 1. The van der Waals surface area contributed by atoms with Gasteiger partial charge in [0.2, 0.25) is 0 Å². The van der Waals surface area contributed by atoms with Crippen molar-refractivity contribution in [3.8, 4) is 0 Å². The minimum absolute atomic E-state index is 0.112. The van der Waals surface area contributed by atoms with E-state index in [2.05, 4.69) is 29.7 Å². The molecule has 1 aromatic carbocycles. The number of aryl methyl sites for hydroxylation is 1. The molecule has 0 aliphatic carbocycles. The molecule has 110 valence electrons. The van der Waals surface area contributed by atoms with Crippen LogP contribution in [0.2, 0.25) is 10.0 Å². The number of aromatic nitrogens is 2. The van der Waals surface area contributed by atoms with E-state index in [1.165, 1.54) is 0 Å². The van der Waals surface area contributed by atoms with E-state index in [0.717, 1.165) is 29.8 Å². The van der Waals surface area contributed by atoms with Crippen LogP contribution in [0.25, 0.3) is 11.0 Å². The van der Waals surface area contributed by atoms with Gasteiger partial charge < -0.3 is 4.57 Å². The van der Waals surface area contributed by atoms with Gasteiger partial charge in [0.15, 0.2) is 0 Å². The Morgan fingerprint density at radius 3 is 2.50 bits per heavy atom. The van der Waals surface area contributed by atoms with E-state index in [1.54, 1.807) is 0 Å². The molecule has 1 aromatic heterocycles. The van der Waals surface area contributed by atoms with Crippen LogP contribution in [0.3, 0.4) is 0 Å². The van der Waals surface area contributed by atoms with Crippen LogP contribution in [0.1, 0.15) is 19.7 Å².